The van der Waals surface area contributed by atoms with Crippen molar-refractivity contribution in [1.29, 1.82) is 0 Å². The Morgan fingerprint density at radius 3 is 2.38 bits per heavy atom. The van der Waals surface area contributed by atoms with Crippen molar-refractivity contribution in [1.82, 2.24) is 0 Å². The van der Waals surface area contributed by atoms with Crippen molar-refractivity contribution < 1.29 is 15.0 Å². The number of carboxylic acid groups (broad SMARTS) is 1. The summed E-state index contributed by atoms with van der Waals surface area (Å²) in [6.45, 7) is 3.35. The van der Waals surface area contributed by atoms with Crippen molar-refractivity contribution in [2.24, 2.45) is 0 Å². The minimum Gasteiger partial charge on any atom is -0.507 e. The standard InChI is InChI=1S/C9H9ClO3/c1-4-5(2)8(11)6(9(12)13)3-7(4)10/h3,11H,1-2H3,(H,12,13). The second-order valence-electron chi connectivity index (χ2n) is 2.81. The van der Waals surface area contributed by atoms with E-state index in [-0.39, 0.29) is 11.3 Å². The van der Waals surface area contributed by atoms with Crippen molar-refractivity contribution in [2.45, 2.75) is 13.8 Å². The fourth-order valence-electron chi connectivity index (χ4n) is 1.03. The maximum absolute atomic E-state index is 10.6. The van der Waals surface area contributed by atoms with Crippen molar-refractivity contribution in [2.75, 3.05) is 0 Å². The van der Waals surface area contributed by atoms with E-state index in [9.17, 15) is 9.90 Å². The topological polar surface area (TPSA) is 57.5 Å². The zero-order valence-electron chi connectivity index (χ0n) is 7.26. The van der Waals surface area contributed by atoms with Crippen LogP contribution in [0.4, 0.5) is 0 Å². The van der Waals surface area contributed by atoms with Crippen LogP contribution in [0.5, 0.6) is 5.75 Å². The number of rotatable bonds is 1. The molecule has 0 saturated heterocycles. The molecule has 0 heterocycles. The van der Waals surface area contributed by atoms with Crippen molar-refractivity contribution >= 4 is 17.6 Å². The summed E-state index contributed by atoms with van der Waals surface area (Å²) < 4.78 is 0. The maximum atomic E-state index is 10.6. The molecular weight excluding hydrogens is 192 g/mol. The first-order valence-corrected chi connectivity index (χ1v) is 4.05. The van der Waals surface area contributed by atoms with Gasteiger partial charge in [-0.15, -0.1) is 0 Å². The lowest BCUT2D eigenvalue weighted by Crippen LogP contribution is -1.99. The molecule has 0 unspecified atom stereocenters. The molecule has 2 N–H and O–H groups in total. The second kappa shape index (κ2) is 3.26. The fraction of sp³-hybridized carbons (Fsp3) is 0.222. The normalized spacial score (nSPS) is 10.1. The number of hydrogen-bond donors (Lipinski definition) is 2. The highest BCUT2D eigenvalue weighted by Gasteiger charge is 2.15. The number of carbonyl (C=O) groups is 1. The number of hydrogen-bond acceptors (Lipinski definition) is 2. The van der Waals surface area contributed by atoms with Crippen LogP contribution >= 0.6 is 11.6 Å². The highest BCUT2D eigenvalue weighted by molar-refractivity contribution is 6.31. The monoisotopic (exact) mass is 200 g/mol. The zero-order valence-corrected chi connectivity index (χ0v) is 8.01. The Morgan fingerprint density at radius 2 is 1.92 bits per heavy atom. The Hall–Kier alpha value is -1.22. The minimum atomic E-state index is -1.18. The molecule has 0 aliphatic carbocycles. The van der Waals surface area contributed by atoms with E-state index in [2.05, 4.69) is 0 Å². The first kappa shape index (κ1) is 9.86. The van der Waals surface area contributed by atoms with Crippen LogP contribution in [0.25, 0.3) is 0 Å². The number of halogens is 1. The molecule has 1 rings (SSSR count). The number of phenols is 1. The summed E-state index contributed by atoms with van der Waals surface area (Å²) in [5.74, 6) is -1.39. The van der Waals surface area contributed by atoms with Gasteiger partial charge in [0, 0.05) is 5.02 Å². The summed E-state index contributed by atoms with van der Waals surface area (Å²) in [5.41, 5.74) is 1.04. The van der Waals surface area contributed by atoms with Gasteiger partial charge in [0.25, 0.3) is 0 Å². The van der Waals surface area contributed by atoms with Gasteiger partial charge in [-0.25, -0.2) is 4.79 Å². The molecule has 0 radical (unpaired) electrons. The molecule has 3 nitrogen and oxygen atoms in total. The van der Waals surface area contributed by atoms with E-state index >= 15 is 0 Å². The Morgan fingerprint density at radius 1 is 1.38 bits per heavy atom. The van der Waals surface area contributed by atoms with Crippen molar-refractivity contribution in [3.8, 4) is 5.75 Å². The van der Waals surface area contributed by atoms with E-state index in [0.717, 1.165) is 0 Å². The highest BCUT2D eigenvalue weighted by atomic mass is 35.5. The Labute approximate surface area is 80.6 Å². The first-order chi connectivity index (χ1) is 5.95. The molecule has 70 valence electrons. The van der Waals surface area contributed by atoms with E-state index in [1.54, 1.807) is 13.8 Å². The summed E-state index contributed by atoms with van der Waals surface area (Å²) in [6, 6.07) is 1.25. The predicted molar refractivity (Wildman–Crippen MR) is 49.6 cm³/mol. The quantitative estimate of drug-likeness (QED) is 0.732. The summed E-state index contributed by atoms with van der Waals surface area (Å²) >= 11 is 5.76. The average Bonchev–Trinajstić information content (AvgIpc) is 2.07. The lowest BCUT2D eigenvalue weighted by Gasteiger charge is -2.08. The first-order valence-electron chi connectivity index (χ1n) is 3.67. The van der Waals surface area contributed by atoms with Crippen LogP contribution in [0, 0.1) is 13.8 Å². The average molecular weight is 201 g/mol. The molecule has 0 fully saturated rings. The van der Waals surface area contributed by atoms with Crippen molar-refractivity contribution in [3.63, 3.8) is 0 Å². The molecule has 0 aliphatic rings. The van der Waals surface area contributed by atoms with Crippen LogP contribution in [-0.2, 0) is 0 Å². The minimum absolute atomic E-state index is 0.159. The fourth-order valence-corrected chi connectivity index (χ4v) is 1.28. The molecule has 13 heavy (non-hydrogen) atoms. The maximum Gasteiger partial charge on any atom is 0.339 e. The van der Waals surface area contributed by atoms with Crippen molar-refractivity contribution in [3.05, 3.63) is 27.8 Å². The van der Waals surface area contributed by atoms with Gasteiger partial charge in [-0.3, -0.25) is 0 Å². The third-order valence-electron chi connectivity index (χ3n) is 2.03. The number of aromatic carboxylic acids is 1. The van der Waals surface area contributed by atoms with E-state index in [4.69, 9.17) is 16.7 Å². The van der Waals surface area contributed by atoms with Gasteiger partial charge in [-0.2, -0.15) is 0 Å². The van der Waals surface area contributed by atoms with Crippen LogP contribution in [0.2, 0.25) is 5.02 Å². The molecule has 0 saturated carbocycles. The molecule has 0 amide bonds. The van der Waals surface area contributed by atoms with Gasteiger partial charge in [0.15, 0.2) is 0 Å². The Kier molecular flexibility index (Phi) is 2.48. The second-order valence-corrected chi connectivity index (χ2v) is 3.22. The van der Waals surface area contributed by atoms with Crippen LogP contribution in [0.1, 0.15) is 21.5 Å². The van der Waals surface area contributed by atoms with E-state index in [1.165, 1.54) is 6.07 Å². The summed E-state index contributed by atoms with van der Waals surface area (Å²) in [6.07, 6.45) is 0. The van der Waals surface area contributed by atoms with Gasteiger partial charge in [-0.1, -0.05) is 11.6 Å². The van der Waals surface area contributed by atoms with Crippen LogP contribution in [0.3, 0.4) is 0 Å². The van der Waals surface area contributed by atoms with E-state index in [0.29, 0.717) is 16.1 Å². The zero-order chi connectivity index (χ0) is 10.2. The Bertz CT molecular complexity index is 372. The molecule has 0 atom stereocenters. The predicted octanol–water partition coefficient (Wildman–Crippen LogP) is 2.36. The van der Waals surface area contributed by atoms with Crippen LogP contribution in [0.15, 0.2) is 6.07 Å². The molecular formula is C9H9ClO3. The molecule has 0 aliphatic heterocycles. The molecule has 1 aromatic carbocycles. The van der Waals surface area contributed by atoms with Gasteiger partial charge >= 0.3 is 5.97 Å². The van der Waals surface area contributed by atoms with Gasteiger partial charge < -0.3 is 10.2 Å². The van der Waals surface area contributed by atoms with Crippen LogP contribution < -0.4 is 0 Å². The number of aromatic hydroxyl groups is 1. The number of benzene rings is 1. The SMILES string of the molecule is Cc1c(Cl)cc(C(=O)O)c(O)c1C. The Balaban J connectivity index is 3.50. The molecule has 0 spiro atoms. The summed E-state index contributed by atoms with van der Waals surface area (Å²) in [7, 11) is 0. The molecule has 0 bridgehead atoms. The lowest BCUT2D eigenvalue weighted by atomic mass is 10.0. The van der Waals surface area contributed by atoms with E-state index in [1.807, 2.05) is 0 Å². The third kappa shape index (κ3) is 1.60. The van der Waals surface area contributed by atoms with Gasteiger partial charge in [-0.05, 0) is 31.0 Å². The third-order valence-corrected chi connectivity index (χ3v) is 2.43. The molecule has 1 aromatic rings. The van der Waals surface area contributed by atoms with Gasteiger partial charge in [0.1, 0.15) is 11.3 Å². The highest BCUT2D eigenvalue weighted by Crippen LogP contribution is 2.30. The van der Waals surface area contributed by atoms with Gasteiger partial charge in [0.05, 0.1) is 0 Å². The summed E-state index contributed by atoms with van der Waals surface area (Å²) in [5, 5.41) is 18.5. The summed E-state index contributed by atoms with van der Waals surface area (Å²) in [4.78, 5) is 10.6. The smallest absolute Gasteiger partial charge is 0.339 e. The number of carboxylic acids is 1. The lowest BCUT2D eigenvalue weighted by molar-refractivity contribution is 0.0693. The van der Waals surface area contributed by atoms with Gasteiger partial charge in [0.2, 0.25) is 0 Å². The largest absolute Gasteiger partial charge is 0.507 e. The van der Waals surface area contributed by atoms with Crippen LogP contribution in [-0.4, -0.2) is 16.2 Å². The molecule has 4 heteroatoms. The molecule has 0 aromatic heterocycles. The van der Waals surface area contributed by atoms with E-state index < -0.39 is 5.97 Å².